The fraction of sp³-hybridized carbons (Fsp3) is 0.333. The van der Waals surface area contributed by atoms with Crippen LogP contribution in [-0.2, 0) is 16.2 Å². The summed E-state index contributed by atoms with van der Waals surface area (Å²) in [5.41, 5.74) is 2.27. The van der Waals surface area contributed by atoms with E-state index in [2.05, 4.69) is 44.6 Å². The Labute approximate surface area is 344 Å². The fourth-order valence-electron chi connectivity index (χ4n) is 4.76. The standard InChI is InChI=1S/C16H13F5N4O2.C14H8ClF5N4O.C2H5O.CH4.Na/c1-3-26-15(17,18)14-24-23-13-7-22-12(8-25(13)14)11-5-4-10(6-9(11)2)27-16(19,20)21;1-7-4-8(25-14(18,19)20)2-3-9(7)10-6-24-11(5-21-10)22-23-12(24)13(15,16)17;1-2-3;;/h4-8H,3H2,1-2H3;2-6H,1H3;2H2,1H3;1H4;/q;;-1;;+1. The zero-order chi connectivity index (χ0) is 40.9. The van der Waals surface area contributed by atoms with Crippen molar-refractivity contribution in [2.24, 2.45) is 0 Å². The van der Waals surface area contributed by atoms with Crippen molar-refractivity contribution < 1.29 is 92.8 Å². The van der Waals surface area contributed by atoms with E-state index in [4.69, 9.17) is 16.7 Å². The molecule has 0 saturated heterocycles. The first-order valence-electron chi connectivity index (χ1n) is 15.4. The van der Waals surface area contributed by atoms with Gasteiger partial charge in [-0.1, -0.05) is 14.4 Å². The summed E-state index contributed by atoms with van der Waals surface area (Å²) in [5, 5.41) is 19.1. The third-order valence-corrected chi connectivity index (χ3v) is 7.01. The first kappa shape index (κ1) is 48.8. The Hall–Kier alpha value is -4.35. The van der Waals surface area contributed by atoms with Gasteiger partial charge in [0.25, 0.3) is 0 Å². The predicted octanol–water partition coefficient (Wildman–Crippen LogP) is 5.38. The number of rotatable bonds is 8. The number of aromatic nitrogens is 8. The summed E-state index contributed by atoms with van der Waals surface area (Å²) in [5.74, 6) is -2.30. The molecule has 0 unspecified atom stereocenters. The third-order valence-electron chi connectivity index (χ3n) is 6.84. The zero-order valence-electron chi connectivity index (χ0n) is 29.6. The second-order valence-electron chi connectivity index (χ2n) is 10.8. The number of hydrogen-bond acceptors (Lipinski definition) is 10. The summed E-state index contributed by atoms with van der Waals surface area (Å²) in [7, 11) is 0. The van der Waals surface area contributed by atoms with Crippen molar-refractivity contribution in [1.82, 2.24) is 39.2 Å². The zero-order valence-corrected chi connectivity index (χ0v) is 32.3. The molecule has 0 spiro atoms. The molecule has 0 amide bonds. The van der Waals surface area contributed by atoms with Gasteiger partial charge in [-0.3, -0.25) is 18.8 Å². The van der Waals surface area contributed by atoms with Crippen molar-refractivity contribution in [2.45, 2.75) is 59.3 Å². The second-order valence-corrected chi connectivity index (χ2v) is 11.3. The summed E-state index contributed by atoms with van der Waals surface area (Å²) in [6, 6.07) is 7.26. The molecule has 2 aromatic carbocycles. The third kappa shape index (κ3) is 12.8. The molecule has 6 rings (SSSR count). The first-order valence-corrected chi connectivity index (χ1v) is 15.8. The first-order chi connectivity index (χ1) is 25.6. The van der Waals surface area contributed by atoms with Gasteiger partial charge in [0.1, 0.15) is 11.5 Å². The molecule has 0 aliphatic carbocycles. The molecule has 4 heterocycles. The predicted molar refractivity (Wildman–Crippen MR) is 178 cm³/mol. The molecule has 0 N–H and O–H groups in total. The summed E-state index contributed by atoms with van der Waals surface area (Å²) < 4.78 is 143. The van der Waals surface area contributed by atoms with Crippen molar-refractivity contribution in [3.05, 3.63) is 84.0 Å². The van der Waals surface area contributed by atoms with Crippen molar-refractivity contribution in [2.75, 3.05) is 13.2 Å². The van der Waals surface area contributed by atoms with E-state index in [9.17, 15) is 43.9 Å². The van der Waals surface area contributed by atoms with Gasteiger partial charge in [0.2, 0.25) is 11.6 Å². The molecule has 0 atom stereocenters. The molecule has 0 fully saturated rings. The van der Waals surface area contributed by atoms with Crippen molar-refractivity contribution in [1.29, 1.82) is 0 Å². The Morgan fingerprint density at radius 3 is 1.40 bits per heavy atom. The van der Waals surface area contributed by atoms with E-state index in [1.54, 1.807) is 13.8 Å². The number of alkyl halides is 11. The number of ether oxygens (including phenoxy) is 3. The maximum absolute atomic E-state index is 14.1. The molecule has 0 aliphatic heterocycles. The van der Waals surface area contributed by atoms with E-state index in [1.807, 2.05) is 0 Å². The molecule has 0 bridgehead atoms. The van der Waals surface area contributed by atoms with Crippen LogP contribution in [0.1, 0.15) is 44.0 Å². The number of nitrogens with zero attached hydrogens (tertiary/aromatic N) is 8. The van der Waals surface area contributed by atoms with E-state index in [0.717, 1.165) is 27.0 Å². The molecule has 4 aromatic heterocycles. The van der Waals surface area contributed by atoms with E-state index >= 15 is 0 Å². The van der Waals surface area contributed by atoms with Gasteiger partial charge in [0.15, 0.2) is 11.3 Å². The van der Waals surface area contributed by atoms with Crippen LogP contribution in [0.25, 0.3) is 33.8 Å². The molecular formula is C33H30ClF10N8NaO4. The molecule has 57 heavy (non-hydrogen) atoms. The SMILES string of the molecule is C.CCOC(F)(F)c1nnc2cnc(-c3ccc(OC(F)(F)F)cc3C)cn12.CC[O-].Cc1cc(OC(F)(F)F)ccc1-c1cn2c(C(F)(F)Cl)nnc2cn1.[Na+]. The number of fused-ring (bicyclic) bond motifs is 2. The van der Waals surface area contributed by atoms with Crippen LogP contribution in [0, 0.1) is 13.8 Å². The van der Waals surface area contributed by atoms with Gasteiger partial charge >= 0.3 is 53.8 Å². The Kier molecular flexibility index (Phi) is 16.6. The summed E-state index contributed by atoms with van der Waals surface area (Å²) in [4.78, 5) is 8.17. The van der Waals surface area contributed by atoms with Gasteiger partial charge in [-0.15, -0.1) is 53.3 Å². The maximum atomic E-state index is 14.1. The smallest absolute Gasteiger partial charge is 0.855 e. The number of aryl methyl sites for hydroxylation is 2. The second kappa shape index (κ2) is 19.4. The van der Waals surface area contributed by atoms with Crippen molar-refractivity contribution in [3.8, 4) is 34.0 Å². The minimum absolute atomic E-state index is 0. The molecule has 0 saturated carbocycles. The molecule has 6 aromatic rings. The Morgan fingerprint density at radius 1 is 0.667 bits per heavy atom. The normalized spacial score (nSPS) is 11.8. The minimum atomic E-state index is -4.81. The molecule has 0 aliphatic rings. The van der Waals surface area contributed by atoms with E-state index in [0.29, 0.717) is 22.3 Å². The van der Waals surface area contributed by atoms with Crippen LogP contribution in [0.15, 0.2) is 61.2 Å². The monoisotopic (exact) mass is 850 g/mol. The maximum Gasteiger partial charge on any atom is 1.00 e. The van der Waals surface area contributed by atoms with Gasteiger partial charge in [-0.05, 0) is 79.9 Å². The van der Waals surface area contributed by atoms with Gasteiger partial charge in [-0.2, -0.15) is 17.6 Å². The van der Waals surface area contributed by atoms with Crippen LogP contribution in [0.3, 0.4) is 0 Å². The molecular weight excluding hydrogens is 821 g/mol. The number of hydrogen-bond donors (Lipinski definition) is 0. The van der Waals surface area contributed by atoms with Crippen LogP contribution < -0.4 is 44.1 Å². The van der Waals surface area contributed by atoms with Crippen LogP contribution in [0.5, 0.6) is 11.5 Å². The van der Waals surface area contributed by atoms with Crippen LogP contribution in [0.2, 0.25) is 0 Å². The van der Waals surface area contributed by atoms with Crippen LogP contribution >= 0.6 is 11.6 Å². The summed E-state index contributed by atoms with van der Waals surface area (Å²) >= 11 is 4.99. The quantitative estimate of drug-likeness (QED) is 0.112. The fourth-order valence-corrected chi connectivity index (χ4v) is 4.89. The topological polar surface area (TPSA) is 137 Å². The van der Waals surface area contributed by atoms with Crippen molar-refractivity contribution in [3.63, 3.8) is 0 Å². The minimum Gasteiger partial charge on any atom is -0.855 e. The van der Waals surface area contributed by atoms with Gasteiger partial charge < -0.3 is 19.3 Å². The van der Waals surface area contributed by atoms with Gasteiger partial charge in [0, 0.05) is 23.5 Å². The Morgan fingerprint density at radius 2 is 1.05 bits per heavy atom. The molecule has 304 valence electrons. The Bertz CT molecular complexity index is 2250. The number of halogens is 11. The number of benzene rings is 2. The molecule has 12 nitrogen and oxygen atoms in total. The van der Waals surface area contributed by atoms with Crippen molar-refractivity contribution >= 4 is 22.9 Å². The van der Waals surface area contributed by atoms with Crippen LogP contribution in [0.4, 0.5) is 43.9 Å². The summed E-state index contributed by atoms with van der Waals surface area (Å²) in [6.45, 7) is 5.83. The van der Waals surface area contributed by atoms with Crippen LogP contribution in [-0.4, -0.2) is 65.1 Å². The van der Waals surface area contributed by atoms with Gasteiger partial charge in [-0.25, -0.2) is 0 Å². The average molecular weight is 851 g/mol. The van der Waals surface area contributed by atoms with E-state index in [-0.39, 0.29) is 72.9 Å². The summed E-state index contributed by atoms with van der Waals surface area (Å²) in [6.07, 6.45) is -8.35. The molecule has 0 radical (unpaired) electrons. The van der Waals surface area contributed by atoms with Gasteiger partial charge in [0.05, 0.1) is 30.4 Å². The average Bonchev–Trinajstić information content (AvgIpc) is 3.69. The van der Waals surface area contributed by atoms with E-state index < -0.39 is 47.4 Å². The molecule has 24 heteroatoms. The Balaban J connectivity index is 0.000000357. The van der Waals surface area contributed by atoms with E-state index in [1.165, 1.54) is 56.8 Å². The largest absolute Gasteiger partial charge is 1.00 e.